The van der Waals surface area contributed by atoms with Crippen molar-refractivity contribution < 1.29 is 19.8 Å². The van der Waals surface area contributed by atoms with Crippen molar-refractivity contribution in [2.75, 3.05) is 30.3 Å². The minimum absolute atomic E-state index is 0.000629. The predicted octanol–water partition coefficient (Wildman–Crippen LogP) is 3.15. The van der Waals surface area contributed by atoms with Crippen molar-refractivity contribution in [2.24, 2.45) is 18.0 Å². The van der Waals surface area contributed by atoms with E-state index in [1.165, 1.54) is 10.9 Å². The van der Waals surface area contributed by atoms with Gasteiger partial charge in [0.15, 0.2) is 0 Å². The van der Waals surface area contributed by atoms with Crippen molar-refractivity contribution >= 4 is 46.5 Å². The van der Waals surface area contributed by atoms with E-state index in [2.05, 4.69) is 37.9 Å². The van der Waals surface area contributed by atoms with Gasteiger partial charge in [-0.1, -0.05) is 42.3 Å². The van der Waals surface area contributed by atoms with Gasteiger partial charge < -0.3 is 26.2 Å². The lowest BCUT2D eigenvalue weighted by atomic mass is 9.97. The van der Waals surface area contributed by atoms with E-state index in [1.54, 1.807) is 55.7 Å². The molecule has 4 rings (SSSR count). The average Bonchev–Trinajstić information content (AvgIpc) is 3.32. The number of para-hydroxylation sites is 1. The van der Waals surface area contributed by atoms with Crippen LogP contribution in [0.5, 0.6) is 5.75 Å². The third-order valence-corrected chi connectivity index (χ3v) is 6.89. The Balaban J connectivity index is 1.39. The molecule has 0 bridgehead atoms. The van der Waals surface area contributed by atoms with Crippen LogP contribution in [0.25, 0.3) is 0 Å². The second kappa shape index (κ2) is 14.3. The Morgan fingerprint density at radius 1 is 1.10 bits per heavy atom. The van der Waals surface area contributed by atoms with Gasteiger partial charge in [-0.05, 0) is 62.2 Å². The first-order valence-electron chi connectivity index (χ1n) is 13.4. The number of aliphatic imine (C=N–C) groups is 1. The first-order chi connectivity index (χ1) is 20.3. The topological polar surface area (TPSA) is 141 Å². The highest BCUT2D eigenvalue weighted by atomic mass is 32.1. The molecule has 0 unspecified atom stereocenters. The van der Waals surface area contributed by atoms with Crippen LogP contribution in [0.1, 0.15) is 33.7 Å². The minimum atomic E-state index is -0.576. The summed E-state index contributed by atoms with van der Waals surface area (Å²) >= 11 is 5.58. The number of aliphatic hydroxyl groups is 1. The summed E-state index contributed by atoms with van der Waals surface area (Å²) in [6, 6.07) is 14.0. The number of phenols is 1. The first-order valence-corrected chi connectivity index (χ1v) is 13.8. The van der Waals surface area contributed by atoms with E-state index < -0.39 is 11.8 Å². The third-order valence-electron chi connectivity index (χ3n) is 6.41. The number of carbonyl (C=O) groups is 2. The highest BCUT2D eigenvalue weighted by molar-refractivity contribution is 7.81. The van der Waals surface area contributed by atoms with Gasteiger partial charge in [0, 0.05) is 42.1 Å². The van der Waals surface area contributed by atoms with Crippen LogP contribution in [0.15, 0.2) is 65.3 Å². The molecule has 0 aliphatic carbocycles. The van der Waals surface area contributed by atoms with Gasteiger partial charge >= 0.3 is 0 Å². The molecule has 0 saturated carbocycles. The zero-order valence-electron chi connectivity index (χ0n) is 23.3. The number of aliphatic hydroxyl groups excluding tert-OH is 1. The average molecular weight is 585 g/mol. The van der Waals surface area contributed by atoms with Crippen molar-refractivity contribution in [3.05, 3.63) is 82.8 Å². The van der Waals surface area contributed by atoms with E-state index in [0.717, 1.165) is 12.1 Å². The molecule has 2 aromatic carbocycles. The zero-order chi connectivity index (χ0) is 30.1. The van der Waals surface area contributed by atoms with Gasteiger partial charge in [-0.25, -0.2) is 0 Å². The number of rotatable bonds is 10. The van der Waals surface area contributed by atoms with Crippen LogP contribution in [0.4, 0.5) is 11.4 Å². The molecule has 3 aromatic rings. The molecule has 11 heteroatoms. The van der Waals surface area contributed by atoms with Gasteiger partial charge in [-0.3, -0.25) is 19.3 Å². The van der Waals surface area contributed by atoms with E-state index >= 15 is 0 Å². The van der Waals surface area contributed by atoms with Crippen LogP contribution in [-0.2, 0) is 18.3 Å². The molecule has 0 saturated heterocycles. The first kappa shape index (κ1) is 30.3. The number of nitrogens with one attached hydrogen (secondary N) is 3. The molecular formula is C31H32N6O4S. The van der Waals surface area contributed by atoms with Gasteiger partial charge in [0.05, 0.1) is 29.5 Å². The number of nitrogens with zero attached hydrogens (tertiary/aromatic N) is 3. The fraction of sp³-hybridized carbons (Fsp3) is 0.258. The summed E-state index contributed by atoms with van der Waals surface area (Å²) in [7, 11) is 1.71. The van der Waals surface area contributed by atoms with Crippen molar-refractivity contribution in [2.45, 2.75) is 19.8 Å². The number of aryl methyl sites for hydroxylation is 3. The SMILES string of the molecule is Cc1cc(C(=O)Nc2cccc(C#C[C@H]3C=NC=C(C(=O)Nc4cccc(CCCNCCO)c4O)C3=S)c2)n(C)n1. The number of amides is 2. The molecular weight excluding hydrogens is 552 g/mol. The maximum Gasteiger partial charge on any atom is 0.273 e. The lowest BCUT2D eigenvalue weighted by Crippen LogP contribution is -2.26. The molecule has 2 heterocycles. The minimum Gasteiger partial charge on any atom is -0.505 e. The summed E-state index contributed by atoms with van der Waals surface area (Å²) in [5, 5.41) is 32.5. The van der Waals surface area contributed by atoms with E-state index in [-0.39, 0.29) is 29.5 Å². The van der Waals surface area contributed by atoms with Gasteiger partial charge in [0.2, 0.25) is 0 Å². The quantitative estimate of drug-likeness (QED) is 0.107. The number of carbonyl (C=O) groups excluding carboxylic acids is 2. The smallest absolute Gasteiger partial charge is 0.273 e. The molecule has 1 aromatic heterocycles. The lowest BCUT2D eigenvalue weighted by Gasteiger charge is -2.16. The second-order valence-corrected chi connectivity index (χ2v) is 10.1. The van der Waals surface area contributed by atoms with Crippen LogP contribution >= 0.6 is 12.2 Å². The van der Waals surface area contributed by atoms with Crippen LogP contribution in [0, 0.1) is 24.7 Å². The maximum absolute atomic E-state index is 13.1. The Morgan fingerprint density at radius 3 is 2.67 bits per heavy atom. The van der Waals surface area contributed by atoms with Crippen LogP contribution in [-0.4, -0.2) is 62.6 Å². The van der Waals surface area contributed by atoms with Gasteiger partial charge in [-0.2, -0.15) is 5.10 Å². The predicted molar refractivity (Wildman–Crippen MR) is 167 cm³/mol. The molecule has 1 aliphatic heterocycles. The van der Waals surface area contributed by atoms with Crippen molar-refractivity contribution in [1.82, 2.24) is 15.1 Å². The van der Waals surface area contributed by atoms with Crippen LogP contribution in [0.2, 0.25) is 0 Å². The summed E-state index contributed by atoms with van der Waals surface area (Å²) in [6.45, 7) is 3.10. The number of anilines is 2. The number of thiocarbonyl (C=S) groups is 1. The van der Waals surface area contributed by atoms with Gasteiger partial charge in [0.25, 0.3) is 11.8 Å². The monoisotopic (exact) mass is 584 g/mol. The molecule has 10 nitrogen and oxygen atoms in total. The third kappa shape index (κ3) is 7.76. The number of hydrogen-bond donors (Lipinski definition) is 5. The Kier molecular flexibility index (Phi) is 10.3. The standard InChI is InChI=1S/C31H32N6O4S/c1-20-16-27(37(2)36-20)31(41)34-24-9-3-6-21(17-24)11-12-23-18-33-19-25(29(23)42)30(40)35-26-10-4-7-22(28(26)39)8-5-13-32-14-15-38/h3-4,6-7,9-10,16-19,23,32,38-39H,5,8,13-15H2,1-2H3,(H,34,41)(H,35,40)/t23-/m0/s1. The summed E-state index contributed by atoms with van der Waals surface area (Å²) in [5.41, 5.74) is 3.59. The molecule has 1 atom stereocenters. The summed E-state index contributed by atoms with van der Waals surface area (Å²) in [4.78, 5) is 30.2. The van der Waals surface area contributed by atoms with Crippen LogP contribution < -0.4 is 16.0 Å². The largest absolute Gasteiger partial charge is 0.505 e. The van der Waals surface area contributed by atoms with Gasteiger partial charge in [-0.15, -0.1) is 0 Å². The zero-order valence-corrected chi connectivity index (χ0v) is 24.2. The maximum atomic E-state index is 13.1. The number of phenolic OH excluding ortho intramolecular Hbond substituents is 1. The van der Waals surface area contributed by atoms with E-state index in [4.69, 9.17) is 17.3 Å². The summed E-state index contributed by atoms with van der Waals surface area (Å²) in [5.74, 6) is 4.77. The lowest BCUT2D eigenvalue weighted by molar-refractivity contribution is -0.112. The number of hydrogen-bond acceptors (Lipinski definition) is 8. The summed E-state index contributed by atoms with van der Waals surface area (Å²) < 4.78 is 1.53. The highest BCUT2D eigenvalue weighted by Gasteiger charge is 2.24. The molecule has 0 fully saturated rings. The van der Waals surface area contributed by atoms with Crippen molar-refractivity contribution in [1.29, 1.82) is 0 Å². The molecule has 2 amide bonds. The molecule has 0 radical (unpaired) electrons. The Bertz CT molecular complexity index is 1610. The van der Waals surface area contributed by atoms with E-state index in [0.29, 0.717) is 46.9 Å². The van der Waals surface area contributed by atoms with Gasteiger partial charge in [0.1, 0.15) is 11.4 Å². The second-order valence-electron chi connectivity index (χ2n) is 9.63. The Labute approximate surface area is 249 Å². The summed E-state index contributed by atoms with van der Waals surface area (Å²) in [6.07, 6.45) is 4.32. The number of benzene rings is 2. The normalized spacial score (nSPS) is 14.1. The molecule has 5 N–H and O–H groups in total. The Morgan fingerprint density at radius 2 is 1.90 bits per heavy atom. The molecule has 0 spiro atoms. The molecule has 42 heavy (non-hydrogen) atoms. The molecule has 1 aliphatic rings. The van der Waals surface area contributed by atoms with Crippen molar-refractivity contribution in [3.63, 3.8) is 0 Å². The number of aromatic hydroxyl groups is 1. The van der Waals surface area contributed by atoms with E-state index in [9.17, 15) is 14.7 Å². The fourth-order valence-electron chi connectivity index (χ4n) is 4.32. The molecule has 216 valence electrons. The van der Waals surface area contributed by atoms with Crippen molar-refractivity contribution in [3.8, 4) is 17.6 Å². The van der Waals surface area contributed by atoms with E-state index in [1.807, 2.05) is 13.0 Å². The fourth-order valence-corrected chi connectivity index (χ4v) is 4.59. The Hall–Kier alpha value is -4.63. The van der Waals surface area contributed by atoms with Crippen LogP contribution in [0.3, 0.4) is 0 Å². The highest BCUT2D eigenvalue weighted by Crippen LogP contribution is 2.29. The number of aromatic nitrogens is 2.